The molecule has 23 heavy (non-hydrogen) atoms. The zero-order chi connectivity index (χ0) is 17.0. The van der Waals surface area contributed by atoms with E-state index in [0.717, 1.165) is 16.2 Å². The minimum Gasteiger partial charge on any atom is -0.481 e. The Balaban J connectivity index is 2.06. The third kappa shape index (κ3) is 4.31. The van der Waals surface area contributed by atoms with Gasteiger partial charge in [-0.3, -0.25) is 4.79 Å². The average Bonchev–Trinajstić information content (AvgIpc) is 2.94. The largest absolute Gasteiger partial charge is 0.481 e. The van der Waals surface area contributed by atoms with Crippen LogP contribution < -0.4 is 9.46 Å². The molecule has 120 valence electrons. The van der Waals surface area contributed by atoms with Crippen LogP contribution in [0.5, 0.6) is 5.75 Å². The molecule has 0 unspecified atom stereocenters. The molecule has 6 nitrogen and oxygen atoms in total. The summed E-state index contributed by atoms with van der Waals surface area (Å²) < 4.78 is 31.6. The first-order valence-corrected chi connectivity index (χ1v) is 8.92. The first kappa shape index (κ1) is 17.0. The van der Waals surface area contributed by atoms with E-state index in [9.17, 15) is 13.2 Å². The maximum Gasteiger partial charge on any atom is 0.274 e. The van der Waals surface area contributed by atoms with E-state index in [1.165, 1.54) is 19.1 Å². The Morgan fingerprint density at radius 3 is 2.70 bits per heavy atom. The van der Waals surface area contributed by atoms with Gasteiger partial charge in [0.25, 0.3) is 15.9 Å². The van der Waals surface area contributed by atoms with E-state index in [0.29, 0.717) is 11.3 Å². The molecule has 0 bridgehead atoms. The Bertz CT molecular complexity index is 866. The second-order valence-electron chi connectivity index (χ2n) is 4.73. The number of nitrogens with zero attached hydrogens (tertiary/aromatic N) is 1. The van der Waals surface area contributed by atoms with Gasteiger partial charge in [-0.1, -0.05) is 6.07 Å². The van der Waals surface area contributed by atoms with Gasteiger partial charge in [0.2, 0.25) is 0 Å². The lowest BCUT2D eigenvalue weighted by Crippen LogP contribution is -2.39. The summed E-state index contributed by atoms with van der Waals surface area (Å²) in [7, 11) is -3.90. The summed E-state index contributed by atoms with van der Waals surface area (Å²) in [4.78, 5) is 12.9. The molecule has 0 saturated carbocycles. The minimum absolute atomic E-state index is 0.0713. The predicted molar refractivity (Wildman–Crippen MR) is 85.6 cm³/mol. The number of nitrogens with one attached hydrogen (secondary N) is 1. The van der Waals surface area contributed by atoms with Gasteiger partial charge in [0.15, 0.2) is 6.10 Å². The number of amides is 1. The SMILES string of the molecule is Cc1ccc(S(=O)(=O)NC(=O)[C@H](C)Oc2cccc(C#N)c2)s1. The number of ether oxygens (including phenoxy) is 1. The lowest BCUT2D eigenvalue weighted by atomic mass is 10.2. The molecule has 1 heterocycles. The van der Waals surface area contributed by atoms with Gasteiger partial charge >= 0.3 is 0 Å². The van der Waals surface area contributed by atoms with Crippen LogP contribution in [-0.4, -0.2) is 20.4 Å². The summed E-state index contributed by atoms with van der Waals surface area (Å²) in [6.45, 7) is 3.21. The van der Waals surface area contributed by atoms with Crippen molar-refractivity contribution < 1.29 is 17.9 Å². The van der Waals surface area contributed by atoms with Crippen LogP contribution in [0.4, 0.5) is 0 Å². The van der Waals surface area contributed by atoms with Gasteiger partial charge in [0.1, 0.15) is 9.96 Å². The van der Waals surface area contributed by atoms with Crippen molar-refractivity contribution in [3.05, 3.63) is 46.8 Å². The fourth-order valence-corrected chi connectivity index (χ4v) is 4.05. The van der Waals surface area contributed by atoms with Crippen LogP contribution in [0.3, 0.4) is 0 Å². The fraction of sp³-hybridized carbons (Fsp3) is 0.200. The monoisotopic (exact) mass is 350 g/mol. The first-order valence-electron chi connectivity index (χ1n) is 6.62. The van der Waals surface area contributed by atoms with Crippen molar-refractivity contribution in [3.63, 3.8) is 0 Å². The summed E-state index contributed by atoms with van der Waals surface area (Å²) in [5.74, 6) is -0.463. The Morgan fingerprint density at radius 1 is 1.35 bits per heavy atom. The van der Waals surface area contributed by atoms with Gasteiger partial charge in [-0.05, 0) is 44.2 Å². The van der Waals surface area contributed by atoms with Crippen LogP contribution in [0, 0.1) is 18.3 Å². The number of thiophene rings is 1. The maximum absolute atomic E-state index is 12.1. The molecule has 0 aliphatic carbocycles. The number of benzene rings is 1. The molecular formula is C15H14N2O4S2. The highest BCUT2D eigenvalue weighted by molar-refractivity contribution is 7.92. The van der Waals surface area contributed by atoms with E-state index in [-0.39, 0.29) is 4.21 Å². The number of nitriles is 1. The molecule has 0 aliphatic heterocycles. The Morgan fingerprint density at radius 2 is 2.09 bits per heavy atom. The zero-order valence-electron chi connectivity index (χ0n) is 12.4. The zero-order valence-corrected chi connectivity index (χ0v) is 14.1. The third-order valence-corrected chi connectivity index (χ3v) is 5.70. The lowest BCUT2D eigenvalue weighted by Gasteiger charge is -2.14. The van der Waals surface area contributed by atoms with E-state index in [1.54, 1.807) is 31.2 Å². The molecule has 2 aromatic rings. The molecule has 1 aromatic carbocycles. The second kappa shape index (κ2) is 6.81. The van der Waals surface area contributed by atoms with Crippen LogP contribution in [0.1, 0.15) is 17.4 Å². The molecule has 0 radical (unpaired) electrons. The number of aryl methyl sites for hydroxylation is 1. The molecule has 1 amide bonds. The van der Waals surface area contributed by atoms with Gasteiger partial charge < -0.3 is 4.74 Å². The standard InChI is InChI=1S/C15H14N2O4S2/c1-10-6-7-14(22-10)23(19,20)17-15(18)11(2)21-13-5-3-4-12(8-13)9-16/h3-8,11H,1-2H3,(H,17,18)/t11-/m0/s1. The molecule has 0 fully saturated rings. The quantitative estimate of drug-likeness (QED) is 0.892. The van der Waals surface area contributed by atoms with E-state index >= 15 is 0 Å². The van der Waals surface area contributed by atoms with Crippen molar-refractivity contribution in [1.82, 2.24) is 4.72 Å². The van der Waals surface area contributed by atoms with Gasteiger partial charge in [-0.2, -0.15) is 5.26 Å². The van der Waals surface area contributed by atoms with Crippen molar-refractivity contribution in [2.45, 2.75) is 24.2 Å². The van der Waals surface area contributed by atoms with Crippen molar-refractivity contribution >= 4 is 27.3 Å². The summed E-state index contributed by atoms with van der Waals surface area (Å²) in [5.41, 5.74) is 0.386. The van der Waals surface area contributed by atoms with Crippen LogP contribution >= 0.6 is 11.3 Å². The van der Waals surface area contributed by atoms with E-state index in [2.05, 4.69) is 0 Å². The van der Waals surface area contributed by atoms with Crippen LogP contribution in [-0.2, 0) is 14.8 Å². The molecular weight excluding hydrogens is 336 g/mol. The van der Waals surface area contributed by atoms with Gasteiger partial charge in [-0.25, -0.2) is 13.1 Å². The van der Waals surface area contributed by atoms with E-state index in [1.807, 2.05) is 10.8 Å². The first-order chi connectivity index (χ1) is 10.8. The molecule has 1 atom stereocenters. The summed E-state index contributed by atoms with van der Waals surface area (Å²) in [6.07, 6.45) is -1.03. The summed E-state index contributed by atoms with van der Waals surface area (Å²) in [5, 5.41) is 8.82. The van der Waals surface area contributed by atoms with Crippen molar-refractivity contribution in [3.8, 4) is 11.8 Å². The van der Waals surface area contributed by atoms with Crippen molar-refractivity contribution in [1.29, 1.82) is 5.26 Å². The highest BCUT2D eigenvalue weighted by atomic mass is 32.2. The number of carbonyl (C=O) groups is 1. The molecule has 1 N–H and O–H groups in total. The van der Waals surface area contributed by atoms with Crippen LogP contribution in [0.2, 0.25) is 0 Å². The smallest absolute Gasteiger partial charge is 0.274 e. The average molecular weight is 350 g/mol. The third-order valence-electron chi connectivity index (χ3n) is 2.86. The van der Waals surface area contributed by atoms with Crippen LogP contribution in [0.25, 0.3) is 0 Å². The second-order valence-corrected chi connectivity index (χ2v) is 7.93. The highest BCUT2D eigenvalue weighted by Crippen LogP contribution is 2.20. The van der Waals surface area contributed by atoms with Gasteiger partial charge in [0, 0.05) is 4.88 Å². The molecule has 0 saturated heterocycles. The van der Waals surface area contributed by atoms with E-state index in [4.69, 9.17) is 10.00 Å². The molecule has 0 aliphatic rings. The topological polar surface area (TPSA) is 96.3 Å². The highest BCUT2D eigenvalue weighted by Gasteiger charge is 2.24. The number of hydrogen-bond donors (Lipinski definition) is 1. The summed E-state index contributed by atoms with van der Waals surface area (Å²) >= 11 is 1.08. The van der Waals surface area contributed by atoms with Crippen LogP contribution in [0.15, 0.2) is 40.6 Å². The molecule has 1 aromatic heterocycles. The Labute approximate surface area is 138 Å². The van der Waals surface area contributed by atoms with Crippen molar-refractivity contribution in [2.75, 3.05) is 0 Å². The Kier molecular flexibility index (Phi) is 5.03. The summed E-state index contributed by atoms with van der Waals surface area (Å²) in [6, 6.07) is 11.3. The Hall–Kier alpha value is -2.37. The predicted octanol–water partition coefficient (Wildman–Crippen LogP) is 2.20. The fourth-order valence-electron chi connectivity index (χ4n) is 1.72. The minimum atomic E-state index is -3.90. The van der Waals surface area contributed by atoms with Crippen molar-refractivity contribution in [2.24, 2.45) is 0 Å². The van der Waals surface area contributed by atoms with Gasteiger partial charge in [-0.15, -0.1) is 11.3 Å². The maximum atomic E-state index is 12.1. The molecule has 8 heteroatoms. The number of hydrogen-bond acceptors (Lipinski definition) is 6. The number of rotatable bonds is 5. The number of sulfonamides is 1. The molecule has 0 spiro atoms. The normalized spacial score (nSPS) is 12.2. The lowest BCUT2D eigenvalue weighted by molar-refractivity contribution is -0.125. The van der Waals surface area contributed by atoms with E-state index < -0.39 is 22.0 Å². The van der Waals surface area contributed by atoms with Gasteiger partial charge in [0.05, 0.1) is 11.6 Å². The number of carbonyl (C=O) groups excluding carboxylic acids is 1. The molecule has 2 rings (SSSR count).